The molecule has 172 valence electrons. The van der Waals surface area contributed by atoms with Crippen molar-refractivity contribution < 1.29 is 9.59 Å². The number of thiophene rings is 1. The van der Waals surface area contributed by atoms with Crippen LogP contribution in [0.4, 0.5) is 5.69 Å². The van der Waals surface area contributed by atoms with E-state index in [9.17, 15) is 9.59 Å². The van der Waals surface area contributed by atoms with Gasteiger partial charge in [-0.05, 0) is 54.8 Å². The Morgan fingerprint density at radius 3 is 2.53 bits per heavy atom. The molecule has 0 aliphatic carbocycles. The number of hydrazone groups is 1. The van der Waals surface area contributed by atoms with Crippen molar-refractivity contribution in [3.8, 4) is 0 Å². The number of hydrogen-bond acceptors (Lipinski definition) is 4. The van der Waals surface area contributed by atoms with E-state index in [1.807, 2.05) is 18.2 Å². The van der Waals surface area contributed by atoms with Crippen molar-refractivity contribution in [2.24, 2.45) is 5.10 Å². The Bertz CT molecular complexity index is 1430. The number of rotatable bonds is 6. The summed E-state index contributed by atoms with van der Waals surface area (Å²) in [5.74, 6) is -0.678. The maximum Gasteiger partial charge on any atom is 0.283 e. The average Bonchev–Trinajstić information content (AvgIpc) is 3.18. The number of hydrogen-bond donors (Lipinski definition) is 2. The molecule has 1 heterocycles. The number of carbonyl (C=O) groups is 2. The maximum atomic E-state index is 12.8. The lowest BCUT2D eigenvalue weighted by Gasteiger charge is -2.09. The predicted molar refractivity (Wildman–Crippen MR) is 142 cm³/mol. The highest BCUT2D eigenvalue weighted by atomic mass is 35.5. The fourth-order valence-electron chi connectivity index (χ4n) is 3.39. The molecule has 0 radical (unpaired) electrons. The second-order valence-corrected chi connectivity index (χ2v) is 9.42. The van der Waals surface area contributed by atoms with Crippen molar-refractivity contribution in [1.82, 2.24) is 5.43 Å². The summed E-state index contributed by atoms with van der Waals surface area (Å²) in [6, 6.07) is 20.0. The lowest BCUT2D eigenvalue weighted by molar-refractivity contribution is 0.0958. The van der Waals surface area contributed by atoms with Gasteiger partial charge in [-0.25, -0.2) is 5.43 Å². The van der Waals surface area contributed by atoms with E-state index < -0.39 is 0 Å². The van der Waals surface area contributed by atoms with Crippen LogP contribution in [0.3, 0.4) is 0 Å². The zero-order valence-electron chi connectivity index (χ0n) is 18.5. The van der Waals surface area contributed by atoms with Gasteiger partial charge in [0.25, 0.3) is 11.8 Å². The Morgan fingerprint density at radius 2 is 1.76 bits per heavy atom. The van der Waals surface area contributed by atoms with Crippen LogP contribution in [0, 0.1) is 0 Å². The third-order valence-corrected chi connectivity index (χ3v) is 7.28. The van der Waals surface area contributed by atoms with Crippen LogP contribution in [0.1, 0.15) is 45.0 Å². The number of fused-ring (bicyclic) bond motifs is 1. The molecular formula is C26H21Cl2N3O2S. The van der Waals surface area contributed by atoms with Crippen LogP contribution in [0.5, 0.6) is 0 Å². The summed E-state index contributed by atoms with van der Waals surface area (Å²) in [4.78, 5) is 25.7. The first kappa shape index (κ1) is 24.0. The van der Waals surface area contributed by atoms with Crippen LogP contribution in [0.15, 0.2) is 71.8 Å². The molecule has 2 N–H and O–H groups in total. The van der Waals surface area contributed by atoms with Gasteiger partial charge in [0.05, 0.1) is 21.3 Å². The van der Waals surface area contributed by atoms with Crippen LogP contribution < -0.4 is 10.7 Å². The molecule has 0 unspecified atom stereocenters. The molecule has 34 heavy (non-hydrogen) atoms. The fourth-order valence-corrected chi connectivity index (χ4v) is 5.08. The first-order valence-electron chi connectivity index (χ1n) is 10.6. The predicted octanol–water partition coefficient (Wildman–Crippen LogP) is 7.18. The molecule has 4 aromatic rings. The monoisotopic (exact) mass is 509 g/mol. The Balaban J connectivity index is 1.49. The molecule has 4 rings (SSSR count). The highest BCUT2D eigenvalue weighted by Crippen LogP contribution is 2.36. The minimum absolute atomic E-state index is 0.309. The molecule has 0 spiro atoms. The van der Waals surface area contributed by atoms with E-state index in [0.29, 0.717) is 31.9 Å². The van der Waals surface area contributed by atoms with Crippen LogP contribution in [0.2, 0.25) is 10.0 Å². The highest BCUT2D eigenvalue weighted by Gasteiger charge is 2.17. The summed E-state index contributed by atoms with van der Waals surface area (Å²) >= 11 is 13.9. The minimum atomic E-state index is -0.369. The zero-order chi connectivity index (χ0) is 24.2. The molecule has 2 amide bonds. The van der Waals surface area contributed by atoms with E-state index in [0.717, 1.165) is 22.1 Å². The van der Waals surface area contributed by atoms with Gasteiger partial charge >= 0.3 is 0 Å². The minimum Gasteiger partial charge on any atom is -0.322 e. The third-order valence-electron chi connectivity index (χ3n) is 5.29. The molecule has 0 aliphatic heterocycles. The van der Waals surface area contributed by atoms with Crippen LogP contribution in [0.25, 0.3) is 10.1 Å². The average molecular weight is 510 g/mol. The Hall–Kier alpha value is -3.19. The number of nitrogens with one attached hydrogen (secondary N) is 2. The highest BCUT2D eigenvalue weighted by molar-refractivity contribution is 7.21. The first-order valence-corrected chi connectivity index (χ1v) is 12.2. The topological polar surface area (TPSA) is 70.6 Å². The molecule has 0 saturated heterocycles. The first-order chi connectivity index (χ1) is 16.4. The van der Waals surface area contributed by atoms with E-state index in [2.05, 4.69) is 28.8 Å². The second kappa shape index (κ2) is 10.4. The van der Waals surface area contributed by atoms with Gasteiger partial charge in [0.2, 0.25) is 0 Å². The van der Waals surface area contributed by atoms with E-state index in [1.165, 1.54) is 16.9 Å². The van der Waals surface area contributed by atoms with Crippen molar-refractivity contribution in [2.45, 2.75) is 20.3 Å². The zero-order valence-corrected chi connectivity index (χ0v) is 20.8. The SMILES string of the molecule is CCc1ccc2c(Cl)c(C(=O)NN=C(C)c3cccc(NC(=O)c4ccccc4Cl)c3)sc2c1. The Kier molecular flexibility index (Phi) is 7.32. The summed E-state index contributed by atoms with van der Waals surface area (Å²) < 4.78 is 0.970. The molecule has 5 nitrogen and oxygen atoms in total. The third kappa shape index (κ3) is 5.14. The van der Waals surface area contributed by atoms with Crippen molar-refractivity contribution in [2.75, 3.05) is 5.32 Å². The number of benzene rings is 3. The number of aryl methyl sites for hydroxylation is 1. The quantitative estimate of drug-likeness (QED) is 0.213. The lowest BCUT2D eigenvalue weighted by atomic mass is 10.1. The summed E-state index contributed by atoms with van der Waals surface area (Å²) in [5, 5.41) is 8.74. The number of amides is 2. The van der Waals surface area contributed by atoms with E-state index in [4.69, 9.17) is 23.2 Å². The van der Waals surface area contributed by atoms with E-state index in [1.54, 1.807) is 49.4 Å². The molecular weight excluding hydrogens is 489 g/mol. The lowest BCUT2D eigenvalue weighted by Crippen LogP contribution is -2.18. The molecule has 0 fully saturated rings. The largest absolute Gasteiger partial charge is 0.322 e. The smallest absolute Gasteiger partial charge is 0.283 e. The van der Waals surface area contributed by atoms with Crippen molar-refractivity contribution in [1.29, 1.82) is 0 Å². The van der Waals surface area contributed by atoms with Gasteiger partial charge in [-0.1, -0.05) is 66.5 Å². The van der Waals surface area contributed by atoms with Crippen LogP contribution in [-0.2, 0) is 6.42 Å². The number of nitrogens with zero attached hydrogens (tertiary/aromatic N) is 1. The van der Waals surface area contributed by atoms with Gasteiger partial charge in [0.1, 0.15) is 4.88 Å². The van der Waals surface area contributed by atoms with E-state index in [-0.39, 0.29) is 11.8 Å². The second-order valence-electron chi connectivity index (χ2n) is 7.58. The maximum absolute atomic E-state index is 12.8. The summed E-state index contributed by atoms with van der Waals surface area (Å²) in [5.41, 5.74) is 6.07. The number of carbonyl (C=O) groups excluding carboxylic acids is 2. The van der Waals surface area contributed by atoms with Crippen molar-refractivity contribution in [3.05, 3.63) is 98.3 Å². The molecule has 0 atom stereocenters. The van der Waals surface area contributed by atoms with Gasteiger partial charge in [0, 0.05) is 15.8 Å². The van der Waals surface area contributed by atoms with Crippen LogP contribution in [-0.4, -0.2) is 17.5 Å². The Labute approximate surface area is 211 Å². The Morgan fingerprint density at radius 1 is 0.971 bits per heavy atom. The fraction of sp³-hybridized carbons (Fsp3) is 0.115. The number of anilines is 1. The summed E-state index contributed by atoms with van der Waals surface area (Å²) in [7, 11) is 0. The molecule has 0 saturated carbocycles. The van der Waals surface area contributed by atoms with Gasteiger partial charge in [-0.3, -0.25) is 9.59 Å². The molecule has 1 aromatic heterocycles. The number of halogens is 2. The molecule has 0 bridgehead atoms. The van der Waals surface area contributed by atoms with Gasteiger partial charge < -0.3 is 5.32 Å². The standard InChI is InChI=1S/C26H21Cl2N3O2S/c1-3-16-11-12-20-22(13-16)34-24(23(20)28)26(33)31-30-15(2)17-7-6-8-18(14-17)29-25(32)19-9-4-5-10-21(19)27/h4-14H,3H2,1-2H3,(H,29,32)(H,31,33). The van der Waals surface area contributed by atoms with Crippen molar-refractivity contribution >= 4 is 67.8 Å². The van der Waals surface area contributed by atoms with Crippen molar-refractivity contribution in [3.63, 3.8) is 0 Å². The normalized spacial score (nSPS) is 11.5. The van der Waals surface area contributed by atoms with Gasteiger partial charge in [0.15, 0.2) is 0 Å². The molecule has 0 aliphatic rings. The summed E-state index contributed by atoms with van der Waals surface area (Å²) in [6.07, 6.45) is 0.911. The summed E-state index contributed by atoms with van der Waals surface area (Å²) in [6.45, 7) is 3.86. The molecule has 3 aromatic carbocycles. The van der Waals surface area contributed by atoms with E-state index >= 15 is 0 Å². The van der Waals surface area contributed by atoms with Gasteiger partial charge in [-0.15, -0.1) is 11.3 Å². The molecule has 8 heteroatoms. The van der Waals surface area contributed by atoms with Gasteiger partial charge in [-0.2, -0.15) is 5.10 Å². The van der Waals surface area contributed by atoms with Crippen LogP contribution >= 0.6 is 34.5 Å².